The summed E-state index contributed by atoms with van der Waals surface area (Å²) >= 11 is 0. The molecule has 4 rings (SSSR count). The SMILES string of the molecule is CCN1CCN(c2ccc(-c3cc4ncn(C)c(=O)c4c(NC(C)C)n3)cc2S(C)(=O)=O)CC1. The van der Waals surface area contributed by atoms with Crippen molar-refractivity contribution in [3.8, 4) is 11.3 Å². The number of hydrogen-bond acceptors (Lipinski definition) is 8. The van der Waals surface area contributed by atoms with Crippen molar-refractivity contribution in [2.24, 2.45) is 7.05 Å². The molecule has 0 radical (unpaired) electrons. The second-order valence-electron chi connectivity index (χ2n) is 9.09. The molecule has 34 heavy (non-hydrogen) atoms. The van der Waals surface area contributed by atoms with E-state index in [2.05, 4.69) is 27.0 Å². The Morgan fingerprint density at radius 2 is 1.82 bits per heavy atom. The van der Waals surface area contributed by atoms with Crippen molar-refractivity contribution < 1.29 is 8.42 Å². The average Bonchev–Trinajstić information content (AvgIpc) is 2.80. The molecule has 0 aliphatic carbocycles. The summed E-state index contributed by atoms with van der Waals surface area (Å²) in [4.78, 5) is 26.7. The van der Waals surface area contributed by atoms with Crippen molar-refractivity contribution in [2.75, 3.05) is 49.2 Å². The highest BCUT2D eigenvalue weighted by molar-refractivity contribution is 7.90. The average molecular weight is 485 g/mol. The minimum Gasteiger partial charge on any atom is -0.368 e. The number of fused-ring (bicyclic) bond motifs is 1. The van der Waals surface area contributed by atoms with Gasteiger partial charge in [-0.05, 0) is 38.6 Å². The summed E-state index contributed by atoms with van der Waals surface area (Å²) in [5.74, 6) is 0.442. The molecule has 1 fully saturated rings. The van der Waals surface area contributed by atoms with E-state index < -0.39 is 9.84 Å². The van der Waals surface area contributed by atoms with E-state index in [0.717, 1.165) is 38.4 Å². The van der Waals surface area contributed by atoms with Crippen LogP contribution in [0, 0.1) is 0 Å². The molecular formula is C24H32N6O3S. The molecule has 1 N–H and O–H groups in total. The van der Waals surface area contributed by atoms with Gasteiger partial charge < -0.3 is 19.7 Å². The monoisotopic (exact) mass is 484 g/mol. The molecule has 0 unspecified atom stereocenters. The number of hydrogen-bond donors (Lipinski definition) is 1. The molecular weight excluding hydrogens is 452 g/mol. The zero-order valence-corrected chi connectivity index (χ0v) is 21.2. The molecule has 0 bridgehead atoms. The first-order valence-electron chi connectivity index (χ1n) is 11.5. The van der Waals surface area contributed by atoms with Crippen molar-refractivity contribution in [3.05, 3.63) is 40.9 Å². The van der Waals surface area contributed by atoms with Gasteiger partial charge in [0.15, 0.2) is 9.84 Å². The Morgan fingerprint density at radius 1 is 1.12 bits per heavy atom. The highest BCUT2D eigenvalue weighted by Crippen LogP contribution is 2.32. The van der Waals surface area contributed by atoms with Gasteiger partial charge in [0.1, 0.15) is 11.2 Å². The van der Waals surface area contributed by atoms with Crippen molar-refractivity contribution >= 4 is 32.2 Å². The van der Waals surface area contributed by atoms with Crippen molar-refractivity contribution in [1.82, 2.24) is 19.4 Å². The summed E-state index contributed by atoms with van der Waals surface area (Å²) in [7, 11) is -1.83. The number of likely N-dealkylation sites (N-methyl/N-ethyl adjacent to an activating group) is 1. The number of aryl methyl sites for hydroxylation is 1. The lowest BCUT2D eigenvalue weighted by atomic mass is 10.1. The van der Waals surface area contributed by atoms with Gasteiger partial charge in [0.2, 0.25) is 0 Å². The van der Waals surface area contributed by atoms with Crippen LogP contribution in [0.4, 0.5) is 11.5 Å². The molecule has 182 valence electrons. The summed E-state index contributed by atoms with van der Waals surface area (Å²) in [6.45, 7) is 10.4. The second-order valence-corrected chi connectivity index (χ2v) is 11.1. The van der Waals surface area contributed by atoms with Crippen molar-refractivity contribution in [3.63, 3.8) is 0 Å². The van der Waals surface area contributed by atoms with E-state index in [0.29, 0.717) is 28.0 Å². The summed E-state index contributed by atoms with van der Waals surface area (Å²) in [6.07, 6.45) is 2.72. The molecule has 0 atom stereocenters. The van der Waals surface area contributed by atoms with Gasteiger partial charge in [-0.2, -0.15) is 0 Å². The van der Waals surface area contributed by atoms with Crippen molar-refractivity contribution in [2.45, 2.75) is 31.7 Å². The summed E-state index contributed by atoms with van der Waals surface area (Å²) in [6, 6.07) is 7.23. The van der Waals surface area contributed by atoms with Gasteiger partial charge in [-0.1, -0.05) is 13.0 Å². The van der Waals surface area contributed by atoms with Gasteiger partial charge in [0.25, 0.3) is 5.56 Å². The van der Waals surface area contributed by atoms with Crippen LogP contribution in [0.25, 0.3) is 22.2 Å². The van der Waals surface area contributed by atoms with E-state index in [1.165, 1.54) is 17.2 Å². The summed E-state index contributed by atoms with van der Waals surface area (Å²) in [5, 5.41) is 3.66. The highest BCUT2D eigenvalue weighted by atomic mass is 32.2. The zero-order valence-electron chi connectivity index (χ0n) is 20.4. The number of piperazine rings is 1. The molecule has 1 saturated heterocycles. The van der Waals surface area contributed by atoms with Crippen LogP contribution in [0.1, 0.15) is 20.8 Å². The van der Waals surface area contributed by atoms with Crippen LogP contribution in [0.15, 0.2) is 40.3 Å². The lowest BCUT2D eigenvalue weighted by molar-refractivity contribution is 0.271. The molecule has 3 heterocycles. The largest absolute Gasteiger partial charge is 0.368 e. The number of aromatic nitrogens is 3. The van der Waals surface area contributed by atoms with Gasteiger partial charge in [0, 0.05) is 51.1 Å². The lowest BCUT2D eigenvalue weighted by Crippen LogP contribution is -2.46. The van der Waals surface area contributed by atoms with Crippen LogP contribution in [-0.2, 0) is 16.9 Å². The first-order valence-corrected chi connectivity index (χ1v) is 13.4. The minimum atomic E-state index is -3.48. The normalized spacial score (nSPS) is 15.3. The Morgan fingerprint density at radius 3 is 2.44 bits per heavy atom. The van der Waals surface area contributed by atoms with E-state index in [1.807, 2.05) is 26.0 Å². The van der Waals surface area contributed by atoms with Gasteiger partial charge >= 0.3 is 0 Å². The quantitative estimate of drug-likeness (QED) is 0.569. The number of sulfone groups is 1. The molecule has 0 amide bonds. The predicted octanol–water partition coefficient (Wildman–Crippen LogP) is 2.36. The number of nitrogens with one attached hydrogen (secondary N) is 1. The molecule has 3 aromatic rings. The Balaban J connectivity index is 1.84. The molecule has 2 aromatic heterocycles. The third-order valence-electron chi connectivity index (χ3n) is 6.14. The Hall–Kier alpha value is -2.98. The molecule has 1 aromatic carbocycles. The van der Waals surface area contributed by atoms with Crippen LogP contribution in [0.5, 0.6) is 0 Å². The Bertz CT molecular complexity index is 1380. The van der Waals surface area contributed by atoms with Crippen LogP contribution in [-0.4, -0.2) is 72.9 Å². The van der Waals surface area contributed by atoms with Gasteiger partial charge in [-0.25, -0.2) is 18.4 Å². The maximum atomic E-state index is 12.8. The fraction of sp³-hybridized carbons (Fsp3) is 0.458. The fourth-order valence-corrected chi connectivity index (χ4v) is 5.20. The molecule has 1 aliphatic rings. The second kappa shape index (κ2) is 9.34. The standard InChI is InChI=1S/C24H32N6O3S/c1-6-29-9-11-30(12-10-29)20-8-7-17(13-21(20)34(5,32)33)18-14-19-22(23(27-18)26-16(2)3)24(31)28(4)15-25-19/h7-8,13-16H,6,9-12H2,1-5H3,(H,26,27). The summed E-state index contributed by atoms with van der Waals surface area (Å²) < 4.78 is 27.0. The molecule has 0 spiro atoms. The molecule has 9 nitrogen and oxygen atoms in total. The van der Waals surface area contributed by atoms with Gasteiger partial charge in [0.05, 0.1) is 28.1 Å². The topological polar surface area (TPSA) is 100 Å². The smallest absolute Gasteiger partial charge is 0.264 e. The third kappa shape index (κ3) is 4.78. The minimum absolute atomic E-state index is 0.0478. The fourth-order valence-electron chi connectivity index (χ4n) is 4.28. The number of benzene rings is 1. The van der Waals surface area contributed by atoms with Crippen molar-refractivity contribution in [1.29, 1.82) is 0 Å². The third-order valence-corrected chi connectivity index (χ3v) is 7.27. The van der Waals surface area contributed by atoms with Crippen LogP contribution in [0.3, 0.4) is 0 Å². The van der Waals surface area contributed by atoms with Crippen LogP contribution >= 0.6 is 0 Å². The maximum Gasteiger partial charge on any atom is 0.264 e. The maximum absolute atomic E-state index is 12.8. The lowest BCUT2D eigenvalue weighted by Gasteiger charge is -2.36. The highest BCUT2D eigenvalue weighted by Gasteiger charge is 2.23. The Labute approximate surface area is 200 Å². The zero-order chi connectivity index (χ0) is 24.6. The molecule has 1 aliphatic heterocycles. The van der Waals surface area contributed by atoms with E-state index in [-0.39, 0.29) is 16.5 Å². The first kappa shape index (κ1) is 24.2. The Kier molecular flexibility index (Phi) is 6.64. The summed E-state index contributed by atoms with van der Waals surface area (Å²) in [5.41, 5.74) is 2.26. The number of anilines is 2. The van der Waals surface area contributed by atoms with Gasteiger partial charge in [-0.15, -0.1) is 0 Å². The number of nitrogens with zero attached hydrogens (tertiary/aromatic N) is 5. The van der Waals surface area contributed by atoms with E-state index >= 15 is 0 Å². The van der Waals surface area contributed by atoms with Gasteiger partial charge in [-0.3, -0.25) is 4.79 Å². The molecule has 10 heteroatoms. The van der Waals surface area contributed by atoms with E-state index in [9.17, 15) is 13.2 Å². The number of pyridine rings is 1. The molecule has 0 saturated carbocycles. The first-order chi connectivity index (χ1) is 16.1. The predicted molar refractivity (Wildman–Crippen MR) is 136 cm³/mol. The number of rotatable bonds is 6. The van der Waals surface area contributed by atoms with Crippen LogP contribution in [0.2, 0.25) is 0 Å². The van der Waals surface area contributed by atoms with E-state index in [4.69, 9.17) is 4.98 Å². The van der Waals surface area contributed by atoms with Crippen LogP contribution < -0.4 is 15.8 Å². The van der Waals surface area contributed by atoms with E-state index in [1.54, 1.807) is 19.2 Å².